The van der Waals surface area contributed by atoms with Gasteiger partial charge < -0.3 is 9.64 Å². The van der Waals surface area contributed by atoms with E-state index in [1.54, 1.807) is 0 Å². The molecule has 14 heavy (non-hydrogen) atoms. The fraction of sp³-hybridized carbons (Fsp3) is 0.417. The molecule has 1 aromatic rings. The molecule has 0 fully saturated rings. The SMILES string of the molecule is [CH2-][NH+](C)Cc1ccc(OC(C)C)cc1. The Balaban J connectivity index is 2.59. The van der Waals surface area contributed by atoms with E-state index in [1.807, 2.05) is 33.0 Å². The van der Waals surface area contributed by atoms with Crippen molar-refractivity contribution in [3.05, 3.63) is 36.9 Å². The van der Waals surface area contributed by atoms with Gasteiger partial charge in [-0.25, -0.2) is 0 Å². The predicted molar refractivity (Wildman–Crippen MR) is 58.2 cm³/mol. The summed E-state index contributed by atoms with van der Waals surface area (Å²) < 4.78 is 5.55. The highest BCUT2D eigenvalue weighted by atomic mass is 16.5. The van der Waals surface area contributed by atoms with Crippen molar-refractivity contribution in [1.29, 1.82) is 0 Å². The van der Waals surface area contributed by atoms with E-state index in [2.05, 4.69) is 19.2 Å². The van der Waals surface area contributed by atoms with Crippen molar-refractivity contribution in [2.75, 3.05) is 7.05 Å². The van der Waals surface area contributed by atoms with E-state index >= 15 is 0 Å². The van der Waals surface area contributed by atoms with Gasteiger partial charge in [-0.3, -0.25) is 0 Å². The van der Waals surface area contributed by atoms with Gasteiger partial charge in [0.1, 0.15) is 5.75 Å². The standard InChI is InChI=1S/C12H19NO/c1-10(2)14-12-7-5-11(6-8-12)9-13(3)4/h5-8,10,13H,3,9H2,1-2,4H3. The van der Waals surface area contributed by atoms with Crippen LogP contribution in [-0.4, -0.2) is 13.2 Å². The molecule has 0 bridgehead atoms. The molecule has 1 unspecified atom stereocenters. The first-order chi connectivity index (χ1) is 6.58. The van der Waals surface area contributed by atoms with E-state index in [4.69, 9.17) is 4.74 Å². The summed E-state index contributed by atoms with van der Waals surface area (Å²) in [4.78, 5) is 1.18. The van der Waals surface area contributed by atoms with Crippen LogP contribution in [0.5, 0.6) is 5.75 Å². The van der Waals surface area contributed by atoms with Crippen LogP contribution in [0.2, 0.25) is 0 Å². The molecule has 0 radical (unpaired) electrons. The lowest BCUT2D eigenvalue weighted by atomic mass is 10.2. The van der Waals surface area contributed by atoms with Crippen LogP contribution in [0, 0.1) is 7.05 Å². The van der Waals surface area contributed by atoms with Gasteiger partial charge in [0.2, 0.25) is 0 Å². The molecule has 1 aromatic carbocycles. The largest absolute Gasteiger partial charge is 0.491 e. The quantitative estimate of drug-likeness (QED) is 0.711. The second-order valence-electron chi connectivity index (χ2n) is 3.94. The van der Waals surface area contributed by atoms with Crippen LogP contribution in [0.4, 0.5) is 0 Å². The zero-order valence-electron chi connectivity index (χ0n) is 9.21. The third-order valence-corrected chi connectivity index (χ3v) is 1.80. The van der Waals surface area contributed by atoms with Gasteiger partial charge in [-0.05, 0) is 38.1 Å². The van der Waals surface area contributed by atoms with Gasteiger partial charge in [0.25, 0.3) is 0 Å². The van der Waals surface area contributed by atoms with Gasteiger partial charge in [-0.2, -0.15) is 7.05 Å². The monoisotopic (exact) mass is 193 g/mol. The van der Waals surface area contributed by atoms with E-state index in [9.17, 15) is 0 Å². The molecule has 0 aromatic heterocycles. The van der Waals surface area contributed by atoms with Crippen molar-refractivity contribution < 1.29 is 9.64 Å². The zero-order valence-corrected chi connectivity index (χ0v) is 9.21. The van der Waals surface area contributed by atoms with Crippen LogP contribution in [0.15, 0.2) is 24.3 Å². The first kappa shape index (κ1) is 11.1. The number of rotatable bonds is 4. The molecule has 78 valence electrons. The molecule has 1 atom stereocenters. The molecular formula is C12H19NO. The molecule has 1 N–H and O–H groups in total. The molecule has 0 amide bonds. The Kier molecular flexibility index (Phi) is 3.96. The lowest BCUT2D eigenvalue weighted by Crippen LogP contribution is -3.01. The van der Waals surface area contributed by atoms with E-state index in [1.165, 1.54) is 10.5 Å². The first-order valence-corrected chi connectivity index (χ1v) is 4.98. The van der Waals surface area contributed by atoms with Crippen LogP contribution < -0.4 is 9.64 Å². The molecule has 0 aliphatic heterocycles. The highest BCUT2D eigenvalue weighted by Crippen LogP contribution is 2.13. The van der Waals surface area contributed by atoms with E-state index in [0.29, 0.717) is 0 Å². The van der Waals surface area contributed by atoms with Gasteiger partial charge in [0.15, 0.2) is 0 Å². The summed E-state index contributed by atoms with van der Waals surface area (Å²) in [6, 6.07) is 8.20. The zero-order chi connectivity index (χ0) is 10.6. The van der Waals surface area contributed by atoms with Crippen molar-refractivity contribution in [2.45, 2.75) is 26.5 Å². The van der Waals surface area contributed by atoms with E-state index < -0.39 is 0 Å². The maximum atomic E-state index is 5.55. The molecule has 1 rings (SSSR count). The summed E-state index contributed by atoms with van der Waals surface area (Å²) in [5, 5.41) is 0. The summed E-state index contributed by atoms with van der Waals surface area (Å²) in [7, 11) is 5.93. The fourth-order valence-electron chi connectivity index (χ4n) is 1.31. The molecule has 0 saturated carbocycles. The van der Waals surface area contributed by atoms with Crippen LogP contribution >= 0.6 is 0 Å². The Morgan fingerprint density at radius 3 is 2.29 bits per heavy atom. The average Bonchev–Trinajstić information content (AvgIpc) is 2.06. The van der Waals surface area contributed by atoms with Gasteiger partial charge in [-0.1, -0.05) is 0 Å². The number of quaternary nitrogens is 1. The molecule has 0 spiro atoms. The normalized spacial score (nSPS) is 12.9. The van der Waals surface area contributed by atoms with E-state index in [0.717, 1.165) is 12.3 Å². The Morgan fingerprint density at radius 1 is 1.29 bits per heavy atom. The Labute approximate surface area is 86.5 Å². The maximum absolute atomic E-state index is 5.55. The molecule has 0 heterocycles. The minimum atomic E-state index is 0.238. The predicted octanol–water partition coefficient (Wildman–Crippen LogP) is 1.28. The van der Waals surface area contributed by atoms with Gasteiger partial charge in [-0.15, -0.1) is 0 Å². The van der Waals surface area contributed by atoms with Gasteiger partial charge >= 0.3 is 0 Å². The van der Waals surface area contributed by atoms with Crippen molar-refractivity contribution in [2.24, 2.45) is 0 Å². The van der Waals surface area contributed by atoms with Crippen LogP contribution in [-0.2, 0) is 6.54 Å². The summed E-state index contributed by atoms with van der Waals surface area (Å²) in [6.07, 6.45) is 0.238. The second-order valence-corrected chi connectivity index (χ2v) is 3.94. The Bertz CT molecular complexity index is 235. The fourth-order valence-corrected chi connectivity index (χ4v) is 1.31. The average molecular weight is 193 g/mol. The van der Waals surface area contributed by atoms with Crippen molar-refractivity contribution in [3.8, 4) is 5.75 Å². The topological polar surface area (TPSA) is 13.7 Å². The first-order valence-electron chi connectivity index (χ1n) is 4.98. The van der Waals surface area contributed by atoms with Crippen molar-refractivity contribution in [1.82, 2.24) is 0 Å². The maximum Gasteiger partial charge on any atom is 0.119 e. The smallest absolute Gasteiger partial charge is 0.119 e. The highest BCUT2D eigenvalue weighted by Gasteiger charge is 1.98. The number of hydrogen-bond acceptors (Lipinski definition) is 1. The Hall–Kier alpha value is -1.02. The van der Waals surface area contributed by atoms with Crippen LogP contribution in [0.1, 0.15) is 19.4 Å². The molecule has 0 aliphatic rings. The summed E-state index contributed by atoms with van der Waals surface area (Å²) in [5.74, 6) is 0.936. The highest BCUT2D eigenvalue weighted by molar-refractivity contribution is 5.26. The summed E-state index contributed by atoms with van der Waals surface area (Å²) >= 11 is 0. The number of hydrogen-bond donors (Lipinski definition) is 1. The number of ether oxygens (including phenoxy) is 1. The van der Waals surface area contributed by atoms with Crippen molar-refractivity contribution in [3.63, 3.8) is 0 Å². The summed E-state index contributed by atoms with van der Waals surface area (Å²) in [5.41, 5.74) is 1.29. The molecule has 0 aliphatic carbocycles. The third kappa shape index (κ3) is 3.79. The van der Waals surface area contributed by atoms with Crippen molar-refractivity contribution >= 4 is 0 Å². The number of benzene rings is 1. The van der Waals surface area contributed by atoms with Crippen LogP contribution in [0.3, 0.4) is 0 Å². The Morgan fingerprint density at radius 2 is 1.86 bits per heavy atom. The third-order valence-electron chi connectivity index (χ3n) is 1.80. The number of nitrogens with one attached hydrogen (secondary N) is 1. The molecule has 2 heteroatoms. The second kappa shape index (κ2) is 5.01. The lowest BCUT2D eigenvalue weighted by molar-refractivity contribution is -0.846. The minimum Gasteiger partial charge on any atom is -0.491 e. The van der Waals surface area contributed by atoms with Crippen LogP contribution in [0.25, 0.3) is 0 Å². The van der Waals surface area contributed by atoms with Gasteiger partial charge in [0.05, 0.1) is 12.6 Å². The molecule has 2 nitrogen and oxygen atoms in total. The van der Waals surface area contributed by atoms with E-state index in [-0.39, 0.29) is 6.10 Å². The minimum absolute atomic E-state index is 0.238. The van der Waals surface area contributed by atoms with Gasteiger partial charge in [0, 0.05) is 12.6 Å². The molecule has 0 saturated heterocycles. The summed E-state index contributed by atoms with van der Waals surface area (Å²) in [6.45, 7) is 5.01. The lowest BCUT2D eigenvalue weighted by Gasteiger charge is -2.14. The molecular weight excluding hydrogens is 174 g/mol.